The van der Waals surface area contributed by atoms with E-state index in [2.05, 4.69) is 17.4 Å². The summed E-state index contributed by atoms with van der Waals surface area (Å²) in [5.74, 6) is 1.33. The number of unbranched alkanes of at least 4 members (excludes halogenated alkanes) is 1. The van der Waals surface area contributed by atoms with Crippen LogP contribution in [-0.4, -0.2) is 48.2 Å². The standard InChI is InChI=1S/C34H37ClN2O6S/c1-3-4-9-43-32(40)26-15-25(6-7-27(26)35)36-30(38)19-37-31(39)29(44-33(37)41)14-23-13-24(5-8-28(23)42-2)34-16-20-10-21(17-34)12-22(11-20)18-34/h5-8,13-15,20-22H,3-4,9-12,16-19H2,1-2H3,(H,36,38)/b29-14+. The first-order valence-corrected chi connectivity index (χ1v) is 16.6. The number of methoxy groups -OCH3 is 1. The second-order valence-corrected chi connectivity index (χ2v) is 14.1. The van der Waals surface area contributed by atoms with Crippen molar-refractivity contribution >= 4 is 58.1 Å². The first kappa shape index (κ1) is 30.7. The molecule has 1 heterocycles. The Bertz CT molecular complexity index is 1500. The molecule has 2 aromatic carbocycles. The van der Waals surface area contributed by atoms with Gasteiger partial charge in [-0.25, -0.2) is 4.79 Å². The number of nitrogens with one attached hydrogen (secondary N) is 1. The molecular weight excluding hydrogens is 600 g/mol. The molecule has 5 aliphatic rings. The van der Waals surface area contributed by atoms with Gasteiger partial charge in [-0.2, -0.15) is 0 Å². The van der Waals surface area contributed by atoms with Crippen LogP contribution < -0.4 is 10.1 Å². The molecule has 4 aliphatic carbocycles. The van der Waals surface area contributed by atoms with E-state index in [1.54, 1.807) is 19.3 Å². The smallest absolute Gasteiger partial charge is 0.339 e. The number of hydrogen-bond acceptors (Lipinski definition) is 7. The number of rotatable bonds is 10. The summed E-state index contributed by atoms with van der Waals surface area (Å²) in [7, 11) is 1.60. The zero-order valence-electron chi connectivity index (χ0n) is 25.0. The summed E-state index contributed by atoms with van der Waals surface area (Å²) in [5, 5.41) is 2.33. The SMILES string of the molecule is CCCCOC(=O)c1cc(NC(=O)CN2C(=O)S/C(=C/c3cc(C45CC6CC(CC(C6)C4)C5)ccc3OC)C2=O)ccc1Cl. The van der Waals surface area contributed by atoms with Gasteiger partial charge >= 0.3 is 5.97 Å². The summed E-state index contributed by atoms with van der Waals surface area (Å²) in [4.78, 5) is 52.7. The van der Waals surface area contributed by atoms with E-state index in [0.717, 1.165) is 52.8 Å². The van der Waals surface area contributed by atoms with E-state index in [9.17, 15) is 19.2 Å². The van der Waals surface area contributed by atoms with Crippen LogP contribution in [0.5, 0.6) is 5.75 Å². The van der Waals surface area contributed by atoms with Crippen molar-refractivity contribution in [2.45, 2.75) is 63.7 Å². The molecule has 0 spiro atoms. The highest BCUT2D eigenvalue weighted by atomic mass is 35.5. The summed E-state index contributed by atoms with van der Waals surface area (Å²) in [6, 6.07) is 10.7. The molecule has 1 N–H and O–H groups in total. The molecule has 4 saturated carbocycles. The molecular formula is C34H37ClN2O6S. The first-order valence-electron chi connectivity index (χ1n) is 15.4. The summed E-state index contributed by atoms with van der Waals surface area (Å²) in [6.45, 7) is 1.79. The minimum Gasteiger partial charge on any atom is -0.496 e. The van der Waals surface area contributed by atoms with Crippen LogP contribution in [-0.2, 0) is 19.7 Å². The Morgan fingerprint density at radius 2 is 1.77 bits per heavy atom. The average molecular weight is 637 g/mol. The Kier molecular flexibility index (Phi) is 8.79. The molecule has 0 atom stereocenters. The summed E-state index contributed by atoms with van der Waals surface area (Å²) >= 11 is 6.99. The molecule has 44 heavy (non-hydrogen) atoms. The van der Waals surface area contributed by atoms with Gasteiger partial charge in [-0.05, 0) is 122 Å². The summed E-state index contributed by atoms with van der Waals surface area (Å²) in [6.07, 6.45) is 11.0. The molecule has 7 rings (SSSR count). The van der Waals surface area contributed by atoms with Crippen molar-refractivity contribution in [3.63, 3.8) is 0 Å². The first-order chi connectivity index (χ1) is 21.2. The van der Waals surface area contributed by atoms with Crippen LogP contribution in [0.2, 0.25) is 5.02 Å². The van der Waals surface area contributed by atoms with Crippen LogP contribution in [0.3, 0.4) is 0 Å². The Labute approximate surface area is 266 Å². The highest BCUT2D eigenvalue weighted by Gasteiger charge is 2.51. The Balaban J connectivity index is 1.16. The normalized spacial score (nSPS) is 26.4. The van der Waals surface area contributed by atoms with Crippen molar-refractivity contribution in [2.24, 2.45) is 17.8 Å². The largest absolute Gasteiger partial charge is 0.496 e. The second-order valence-electron chi connectivity index (χ2n) is 12.7. The molecule has 232 valence electrons. The lowest BCUT2D eigenvalue weighted by atomic mass is 9.48. The van der Waals surface area contributed by atoms with Crippen LogP contribution in [0.15, 0.2) is 41.3 Å². The van der Waals surface area contributed by atoms with Crippen molar-refractivity contribution in [1.29, 1.82) is 0 Å². The number of carbonyl (C=O) groups is 4. The zero-order chi connectivity index (χ0) is 31.0. The lowest BCUT2D eigenvalue weighted by Crippen LogP contribution is -2.48. The van der Waals surface area contributed by atoms with E-state index in [4.69, 9.17) is 21.1 Å². The maximum absolute atomic E-state index is 13.3. The predicted octanol–water partition coefficient (Wildman–Crippen LogP) is 7.45. The number of benzene rings is 2. The van der Waals surface area contributed by atoms with Crippen molar-refractivity contribution in [2.75, 3.05) is 25.6 Å². The van der Waals surface area contributed by atoms with E-state index in [1.165, 1.54) is 56.2 Å². The fraction of sp³-hybridized carbons (Fsp3) is 0.471. The summed E-state index contributed by atoms with van der Waals surface area (Å²) < 4.78 is 10.9. The Morgan fingerprint density at radius 1 is 1.07 bits per heavy atom. The zero-order valence-corrected chi connectivity index (χ0v) is 26.6. The topological polar surface area (TPSA) is 102 Å². The van der Waals surface area contributed by atoms with E-state index in [-0.39, 0.29) is 27.5 Å². The van der Waals surface area contributed by atoms with Gasteiger partial charge in [0, 0.05) is 11.3 Å². The number of carbonyl (C=O) groups excluding carboxylic acids is 4. The van der Waals surface area contributed by atoms with Crippen molar-refractivity contribution < 1.29 is 28.7 Å². The Hall–Kier alpha value is -3.30. The van der Waals surface area contributed by atoms with E-state index < -0.39 is 29.6 Å². The molecule has 2 aromatic rings. The maximum atomic E-state index is 13.3. The monoisotopic (exact) mass is 636 g/mol. The van der Waals surface area contributed by atoms with Crippen molar-refractivity contribution in [3.8, 4) is 5.75 Å². The fourth-order valence-electron chi connectivity index (χ4n) is 7.91. The molecule has 4 bridgehead atoms. The number of ether oxygens (including phenoxy) is 2. The minimum absolute atomic E-state index is 0.124. The van der Waals surface area contributed by atoms with Crippen LogP contribution in [0.1, 0.15) is 79.8 Å². The molecule has 5 fully saturated rings. The fourth-order valence-corrected chi connectivity index (χ4v) is 8.93. The highest BCUT2D eigenvalue weighted by molar-refractivity contribution is 8.18. The number of esters is 1. The summed E-state index contributed by atoms with van der Waals surface area (Å²) in [5.41, 5.74) is 2.65. The van der Waals surface area contributed by atoms with Crippen LogP contribution in [0.25, 0.3) is 6.08 Å². The van der Waals surface area contributed by atoms with Gasteiger partial charge in [0.25, 0.3) is 11.1 Å². The average Bonchev–Trinajstić information content (AvgIpc) is 3.24. The highest BCUT2D eigenvalue weighted by Crippen LogP contribution is 2.61. The number of thioether (sulfide) groups is 1. The van der Waals surface area contributed by atoms with E-state index >= 15 is 0 Å². The second kappa shape index (κ2) is 12.6. The molecule has 8 nitrogen and oxygen atoms in total. The van der Waals surface area contributed by atoms with Gasteiger partial charge in [-0.3, -0.25) is 19.3 Å². The molecule has 1 aliphatic heterocycles. The van der Waals surface area contributed by atoms with Crippen LogP contribution in [0.4, 0.5) is 10.5 Å². The third-order valence-electron chi connectivity index (χ3n) is 9.54. The number of anilines is 1. The molecule has 1 saturated heterocycles. The lowest BCUT2D eigenvalue weighted by Gasteiger charge is -2.57. The van der Waals surface area contributed by atoms with Crippen LogP contribution >= 0.6 is 23.4 Å². The minimum atomic E-state index is -0.585. The van der Waals surface area contributed by atoms with E-state index in [0.29, 0.717) is 11.4 Å². The maximum Gasteiger partial charge on any atom is 0.339 e. The predicted molar refractivity (Wildman–Crippen MR) is 171 cm³/mol. The van der Waals surface area contributed by atoms with E-state index in [1.807, 2.05) is 13.0 Å². The Morgan fingerprint density at radius 3 is 2.43 bits per heavy atom. The molecule has 3 amide bonds. The number of halogens is 1. The molecule has 0 aromatic heterocycles. The number of nitrogens with zero attached hydrogens (tertiary/aromatic N) is 1. The lowest BCUT2D eigenvalue weighted by molar-refractivity contribution is -0.127. The molecule has 0 unspecified atom stereocenters. The third-order valence-corrected chi connectivity index (χ3v) is 10.8. The van der Waals surface area contributed by atoms with Gasteiger partial charge in [0.2, 0.25) is 5.91 Å². The number of hydrogen-bond donors (Lipinski definition) is 1. The third kappa shape index (κ3) is 6.13. The number of imide groups is 1. The van der Waals surface area contributed by atoms with Crippen molar-refractivity contribution in [1.82, 2.24) is 4.90 Å². The van der Waals surface area contributed by atoms with Crippen LogP contribution in [0, 0.1) is 17.8 Å². The molecule has 0 radical (unpaired) electrons. The molecule has 10 heteroatoms. The van der Waals surface area contributed by atoms with Gasteiger partial charge in [-0.1, -0.05) is 31.0 Å². The van der Waals surface area contributed by atoms with Gasteiger partial charge in [0.1, 0.15) is 12.3 Å². The van der Waals surface area contributed by atoms with Gasteiger partial charge in [0.05, 0.1) is 29.2 Å². The number of amides is 3. The van der Waals surface area contributed by atoms with Gasteiger partial charge in [-0.15, -0.1) is 0 Å². The van der Waals surface area contributed by atoms with Gasteiger partial charge in [0.15, 0.2) is 0 Å². The van der Waals surface area contributed by atoms with Gasteiger partial charge < -0.3 is 14.8 Å². The quantitative estimate of drug-likeness (QED) is 0.164. The van der Waals surface area contributed by atoms with Crippen molar-refractivity contribution in [3.05, 3.63) is 63.0 Å².